The summed E-state index contributed by atoms with van der Waals surface area (Å²) in [6, 6.07) is 3.46. The number of hydrogen-bond donors (Lipinski definition) is 3. The molecule has 16 heavy (non-hydrogen) atoms. The monoisotopic (exact) mass is 243 g/mol. The van der Waals surface area contributed by atoms with Crippen molar-refractivity contribution in [3.63, 3.8) is 0 Å². The van der Waals surface area contributed by atoms with E-state index in [0.717, 1.165) is 17.8 Å². The van der Waals surface area contributed by atoms with E-state index in [1.54, 1.807) is 6.07 Å². The van der Waals surface area contributed by atoms with Crippen LogP contribution in [0.1, 0.15) is 27.9 Å². The third-order valence-electron chi connectivity index (χ3n) is 2.29. The molecule has 90 valence electrons. The van der Waals surface area contributed by atoms with Crippen LogP contribution < -0.4 is 5.32 Å². The van der Waals surface area contributed by atoms with Crippen LogP contribution in [0.25, 0.3) is 0 Å². The van der Waals surface area contributed by atoms with Crippen molar-refractivity contribution >= 4 is 17.3 Å². The molecule has 0 aromatic carbocycles. The number of nitrogens with one attached hydrogen (secondary N) is 1. The van der Waals surface area contributed by atoms with Gasteiger partial charge in [0.2, 0.25) is 0 Å². The first-order valence-corrected chi connectivity index (χ1v) is 6.08. The Kier molecular flexibility index (Phi) is 5.45. The quantitative estimate of drug-likeness (QED) is 0.679. The maximum atomic E-state index is 10.6. The molecule has 0 aliphatic rings. The van der Waals surface area contributed by atoms with Crippen LogP contribution in [0, 0.1) is 5.92 Å². The molecule has 0 amide bonds. The van der Waals surface area contributed by atoms with Gasteiger partial charge in [-0.2, -0.15) is 0 Å². The van der Waals surface area contributed by atoms with Crippen LogP contribution in [-0.4, -0.2) is 29.3 Å². The van der Waals surface area contributed by atoms with E-state index in [9.17, 15) is 4.79 Å². The zero-order valence-electron chi connectivity index (χ0n) is 9.27. The number of carbonyl (C=O) groups is 1. The molecule has 0 aliphatic heterocycles. The van der Waals surface area contributed by atoms with E-state index in [1.165, 1.54) is 11.3 Å². The fourth-order valence-electron chi connectivity index (χ4n) is 1.35. The average molecular weight is 243 g/mol. The van der Waals surface area contributed by atoms with Crippen LogP contribution >= 0.6 is 11.3 Å². The first kappa shape index (κ1) is 13.2. The minimum atomic E-state index is -0.870. The molecule has 0 saturated carbocycles. The Labute approximate surface area is 98.9 Å². The Balaban J connectivity index is 2.29. The minimum absolute atomic E-state index is 0.213. The molecule has 1 heterocycles. The van der Waals surface area contributed by atoms with Crippen LogP contribution in [0.4, 0.5) is 0 Å². The van der Waals surface area contributed by atoms with Gasteiger partial charge in [0.25, 0.3) is 0 Å². The second-order valence-corrected chi connectivity index (χ2v) is 4.99. The molecule has 0 saturated heterocycles. The number of thiophene rings is 1. The van der Waals surface area contributed by atoms with Gasteiger partial charge in [0.15, 0.2) is 0 Å². The van der Waals surface area contributed by atoms with E-state index in [0.29, 0.717) is 17.3 Å². The topological polar surface area (TPSA) is 69.6 Å². The van der Waals surface area contributed by atoms with E-state index in [-0.39, 0.29) is 6.61 Å². The van der Waals surface area contributed by atoms with Gasteiger partial charge in [-0.15, -0.1) is 11.3 Å². The molecule has 5 heteroatoms. The van der Waals surface area contributed by atoms with E-state index < -0.39 is 5.97 Å². The fraction of sp³-hybridized carbons (Fsp3) is 0.545. The van der Waals surface area contributed by atoms with Crippen molar-refractivity contribution in [3.05, 3.63) is 21.9 Å². The number of hydrogen-bond acceptors (Lipinski definition) is 4. The Bertz CT molecular complexity index is 338. The molecule has 1 aromatic rings. The predicted octanol–water partition coefficient (Wildman–Crippen LogP) is 1.55. The maximum Gasteiger partial charge on any atom is 0.345 e. The summed E-state index contributed by atoms with van der Waals surface area (Å²) in [5.41, 5.74) is 0. The van der Waals surface area contributed by atoms with Crippen LogP contribution in [0.2, 0.25) is 0 Å². The molecule has 0 bridgehead atoms. The summed E-state index contributed by atoms with van der Waals surface area (Å²) in [5.74, 6) is -0.436. The van der Waals surface area contributed by atoms with Crippen molar-refractivity contribution in [1.29, 1.82) is 0 Å². The second kappa shape index (κ2) is 6.62. The molecule has 0 aliphatic carbocycles. The summed E-state index contributed by atoms with van der Waals surface area (Å²) < 4.78 is 0. The lowest BCUT2D eigenvalue weighted by Gasteiger charge is -2.09. The normalized spacial score (nSPS) is 12.6. The van der Waals surface area contributed by atoms with Crippen molar-refractivity contribution in [3.8, 4) is 0 Å². The molecule has 4 nitrogen and oxygen atoms in total. The van der Waals surface area contributed by atoms with Gasteiger partial charge in [0.1, 0.15) is 4.88 Å². The van der Waals surface area contributed by atoms with Gasteiger partial charge in [-0.05, 0) is 31.0 Å². The maximum absolute atomic E-state index is 10.6. The fourth-order valence-corrected chi connectivity index (χ4v) is 2.17. The first-order chi connectivity index (χ1) is 7.63. The molecule has 0 radical (unpaired) electrons. The summed E-state index contributed by atoms with van der Waals surface area (Å²) in [5, 5.41) is 20.7. The highest BCUT2D eigenvalue weighted by Crippen LogP contribution is 2.16. The molecule has 1 rings (SSSR count). The third-order valence-corrected chi connectivity index (χ3v) is 3.36. The Morgan fingerprint density at radius 1 is 1.56 bits per heavy atom. The number of aliphatic hydroxyl groups excluding tert-OH is 1. The van der Waals surface area contributed by atoms with Gasteiger partial charge in [-0.25, -0.2) is 4.79 Å². The van der Waals surface area contributed by atoms with Crippen LogP contribution in [-0.2, 0) is 6.54 Å². The molecule has 0 spiro atoms. The van der Waals surface area contributed by atoms with Crippen molar-refractivity contribution in [1.82, 2.24) is 5.32 Å². The highest BCUT2D eigenvalue weighted by molar-refractivity contribution is 7.13. The lowest BCUT2D eigenvalue weighted by molar-refractivity contribution is 0.0702. The van der Waals surface area contributed by atoms with Crippen LogP contribution in [0.5, 0.6) is 0 Å². The zero-order chi connectivity index (χ0) is 12.0. The van der Waals surface area contributed by atoms with E-state index in [4.69, 9.17) is 10.2 Å². The number of carboxylic acid groups (broad SMARTS) is 1. The van der Waals surface area contributed by atoms with Crippen molar-refractivity contribution in [2.75, 3.05) is 13.2 Å². The highest BCUT2D eigenvalue weighted by atomic mass is 32.1. The molecule has 1 atom stereocenters. The molecular formula is C11H17NO3S. The van der Waals surface area contributed by atoms with Crippen molar-refractivity contribution in [2.45, 2.75) is 19.9 Å². The Morgan fingerprint density at radius 3 is 2.88 bits per heavy atom. The number of carboxylic acids is 1. The molecule has 0 fully saturated rings. The van der Waals surface area contributed by atoms with E-state index in [1.807, 2.05) is 6.07 Å². The van der Waals surface area contributed by atoms with Crippen LogP contribution in [0.3, 0.4) is 0 Å². The van der Waals surface area contributed by atoms with Gasteiger partial charge >= 0.3 is 5.97 Å². The van der Waals surface area contributed by atoms with E-state index in [2.05, 4.69) is 12.2 Å². The Morgan fingerprint density at radius 2 is 2.31 bits per heavy atom. The van der Waals surface area contributed by atoms with Crippen molar-refractivity contribution < 1.29 is 15.0 Å². The number of rotatable bonds is 7. The van der Waals surface area contributed by atoms with E-state index >= 15 is 0 Å². The van der Waals surface area contributed by atoms with Gasteiger partial charge in [-0.3, -0.25) is 0 Å². The lowest BCUT2D eigenvalue weighted by atomic mass is 10.1. The standard InChI is InChI=1S/C11H17NO3S/c1-8(4-5-13)6-12-7-9-2-3-10(16-9)11(14)15/h2-3,8,12-13H,4-7H2,1H3,(H,14,15). The smallest absolute Gasteiger partial charge is 0.345 e. The van der Waals surface area contributed by atoms with Crippen molar-refractivity contribution in [2.24, 2.45) is 5.92 Å². The lowest BCUT2D eigenvalue weighted by Crippen LogP contribution is -2.20. The number of aliphatic hydroxyl groups is 1. The summed E-state index contributed by atoms with van der Waals surface area (Å²) >= 11 is 1.29. The molecule has 1 aromatic heterocycles. The third kappa shape index (κ3) is 4.30. The zero-order valence-corrected chi connectivity index (χ0v) is 10.1. The predicted molar refractivity (Wildman–Crippen MR) is 63.9 cm³/mol. The van der Waals surface area contributed by atoms with Gasteiger partial charge in [0.05, 0.1) is 0 Å². The Hall–Kier alpha value is -0.910. The minimum Gasteiger partial charge on any atom is -0.477 e. The number of aromatic carboxylic acids is 1. The van der Waals surface area contributed by atoms with Gasteiger partial charge < -0.3 is 15.5 Å². The summed E-state index contributed by atoms with van der Waals surface area (Å²) in [6.07, 6.45) is 0.790. The van der Waals surface area contributed by atoms with Gasteiger partial charge in [-0.1, -0.05) is 6.92 Å². The summed E-state index contributed by atoms with van der Waals surface area (Å²) in [4.78, 5) is 12.0. The highest BCUT2D eigenvalue weighted by Gasteiger charge is 2.07. The first-order valence-electron chi connectivity index (χ1n) is 5.27. The summed E-state index contributed by atoms with van der Waals surface area (Å²) in [7, 11) is 0. The molecule has 3 N–H and O–H groups in total. The largest absolute Gasteiger partial charge is 0.477 e. The second-order valence-electron chi connectivity index (χ2n) is 3.82. The van der Waals surface area contributed by atoms with Gasteiger partial charge in [0, 0.05) is 18.0 Å². The average Bonchev–Trinajstić information content (AvgIpc) is 2.67. The SMILES string of the molecule is CC(CCO)CNCc1ccc(C(=O)O)s1. The van der Waals surface area contributed by atoms with Crippen LogP contribution in [0.15, 0.2) is 12.1 Å². The molecular weight excluding hydrogens is 226 g/mol. The summed E-state index contributed by atoms with van der Waals surface area (Å²) in [6.45, 7) is 3.81. The molecule has 1 unspecified atom stereocenters.